The molecule has 1 aromatic heterocycles. The fourth-order valence-electron chi connectivity index (χ4n) is 3.38. The first kappa shape index (κ1) is 18.5. The Balaban J connectivity index is 1.41. The number of fused-ring (bicyclic) bond motifs is 1. The van der Waals surface area contributed by atoms with Gasteiger partial charge in [-0.3, -0.25) is 0 Å². The lowest BCUT2D eigenvalue weighted by Crippen LogP contribution is -2.19. The zero-order valence-corrected chi connectivity index (χ0v) is 16.4. The molecule has 0 saturated carbocycles. The van der Waals surface area contributed by atoms with E-state index in [0.29, 0.717) is 6.61 Å². The van der Waals surface area contributed by atoms with Gasteiger partial charge >= 0.3 is 0 Å². The Morgan fingerprint density at radius 3 is 2.64 bits per heavy atom. The maximum Gasteiger partial charge on any atom is 0.238 e. The highest BCUT2D eigenvalue weighted by atomic mass is 32.2. The summed E-state index contributed by atoms with van der Waals surface area (Å²) in [6.07, 6.45) is 4.45. The van der Waals surface area contributed by atoms with E-state index in [2.05, 4.69) is 9.88 Å². The number of anilines is 1. The van der Waals surface area contributed by atoms with Crippen molar-refractivity contribution in [3.63, 3.8) is 0 Å². The van der Waals surface area contributed by atoms with Crippen LogP contribution < -0.4 is 14.8 Å². The van der Waals surface area contributed by atoms with Crippen molar-refractivity contribution in [1.82, 2.24) is 9.55 Å². The summed E-state index contributed by atoms with van der Waals surface area (Å²) in [6, 6.07) is 13.1. The highest BCUT2D eigenvalue weighted by molar-refractivity contribution is 7.89. The van der Waals surface area contributed by atoms with Crippen LogP contribution in [0.25, 0.3) is 0 Å². The van der Waals surface area contributed by atoms with E-state index in [-0.39, 0.29) is 4.90 Å². The molecule has 0 aliphatic carbocycles. The van der Waals surface area contributed by atoms with E-state index < -0.39 is 10.0 Å². The van der Waals surface area contributed by atoms with Gasteiger partial charge in [-0.25, -0.2) is 18.5 Å². The molecule has 0 saturated heterocycles. The van der Waals surface area contributed by atoms with Gasteiger partial charge in [0.25, 0.3) is 0 Å². The van der Waals surface area contributed by atoms with Crippen molar-refractivity contribution in [1.29, 1.82) is 0 Å². The molecule has 0 radical (unpaired) electrons. The maximum atomic E-state index is 11.5. The molecule has 2 aromatic carbocycles. The highest BCUT2D eigenvalue weighted by Crippen LogP contribution is 2.31. The number of ether oxygens (including phenoxy) is 1. The summed E-state index contributed by atoms with van der Waals surface area (Å²) in [7, 11) is -1.73. The van der Waals surface area contributed by atoms with Crippen LogP contribution >= 0.6 is 0 Å². The Labute approximate surface area is 164 Å². The number of nitrogens with two attached hydrogens (primary N) is 1. The van der Waals surface area contributed by atoms with Gasteiger partial charge in [0.2, 0.25) is 10.0 Å². The summed E-state index contributed by atoms with van der Waals surface area (Å²) < 4.78 is 30.8. The number of aromatic nitrogens is 2. The topological polar surface area (TPSA) is 90.4 Å². The van der Waals surface area contributed by atoms with Crippen molar-refractivity contribution < 1.29 is 13.2 Å². The molecule has 1 aliphatic rings. The molecular formula is C20H22N4O3S. The van der Waals surface area contributed by atoms with Crippen LogP contribution in [-0.4, -0.2) is 24.5 Å². The monoisotopic (exact) mass is 398 g/mol. The number of nitrogens with zero attached hydrogens (tertiary/aromatic N) is 3. The third-order valence-corrected chi connectivity index (χ3v) is 5.87. The van der Waals surface area contributed by atoms with Crippen molar-refractivity contribution in [3.8, 4) is 5.75 Å². The molecule has 3 aromatic rings. The molecule has 0 atom stereocenters. The van der Waals surface area contributed by atoms with Crippen LogP contribution in [0, 0.1) is 0 Å². The highest BCUT2D eigenvalue weighted by Gasteiger charge is 2.21. The number of imidazole rings is 1. The number of hydrogen-bond donors (Lipinski definition) is 1. The van der Waals surface area contributed by atoms with Crippen LogP contribution in [0.3, 0.4) is 0 Å². The summed E-state index contributed by atoms with van der Waals surface area (Å²) in [4.78, 5) is 6.66. The van der Waals surface area contributed by atoms with Crippen LogP contribution in [0.15, 0.2) is 59.8 Å². The zero-order chi connectivity index (χ0) is 19.7. The summed E-state index contributed by atoms with van der Waals surface area (Å²) in [5.41, 5.74) is 3.23. The molecule has 2 N–H and O–H groups in total. The molecule has 0 unspecified atom stereocenters. The Morgan fingerprint density at radius 1 is 1.18 bits per heavy atom. The summed E-state index contributed by atoms with van der Waals surface area (Å²) >= 11 is 0. The van der Waals surface area contributed by atoms with Gasteiger partial charge in [0.1, 0.15) is 18.2 Å². The van der Waals surface area contributed by atoms with E-state index in [1.54, 1.807) is 18.3 Å². The third-order valence-electron chi connectivity index (χ3n) is 4.96. The average Bonchev–Trinajstić information content (AvgIpc) is 3.26. The van der Waals surface area contributed by atoms with Gasteiger partial charge in [0.15, 0.2) is 0 Å². The van der Waals surface area contributed by atoms with Gasteiger partial charge in [0.05, 0.1) is 4.90 Å². The lowest BCUT2D eigenvalue weighted by molar-refractivity contribution is 0.291. The van der Waals surface area contributed by atoms with Crippen molar-refractivity contribution in [2.45, 2.75) is 24.5 Å². The van der Waals surface area contributed by atoms with Gasteiger partial charge in [-0.1, -0.05) is 12.1 Å². The fraction of sp³-hybridized carbons (Fsp3) is 0.250. The predicted molar refractivity (Wildman–Crippen MR) is 107 cm³/mol. The molecule has 0 spiro atoms. The van der Waals surface area contributed by atoms with Crippen LogP contribution in [-0.2, 0) is 36.6 Å². The number of sulfonamides is 1. The minimum atomic E-state index is -3.67. The van der Waals surface area contributed by atoms with Crippen molar-refractivity contribution >= 4 is 15.7 Å². The predicted octanol–water partition coefficient (Wildman–Crippen LogP) is 2.21. The second kappa shape index (κ2) is 7.29. The largest absolute Gasteiger partial charge is 0.486 e. The zero-order valence-electron chi connectivity index (χ0n) is 15.6. The molecule has 0 amide bonds. The molecule has 8 heteroatoms. The smallest absolute Gasteiger partial charge is 0.238 e. The van der Waals surface area contributed by atoms with Crippen LogP contribution in [0.5, 0.6) is 5.75 Å². The molecule has 0 fully saturated rings. The molecule has 0 bridgehead atoms. The van der Waals surface area contributed by atoms with E-state index in [1.165, 1.54) is 0 Å². The average molecular weight is 398 g/mol. The quantitative estimate of drug-likeness (QED) is 0.687. The molecule has 2 heterocycles. The van der Waals surface area contributed by atoms with E-state index in [9.17, 15) is 8.42 Å². The van der Waals surface area contributed by atoms with Crippen molar-refractivity contribution in [2.24, 2.45) is 12.2 Å². The second-order valence-corrected chi connectivity index (χ2v) is 8.46. The van der Waals surface area contributed by atoms with Gasteiger partial charge < -0.3 is 14.2 Å². The molecule has 4 rings (SSSR count). The third kappa shape index (κ3) is 3.88. The number of primary sulfonamides is 1. The summed E-state index contributed by atoms with van der Waals surface area (Å²) in [5.74, 6) is 1.67. The molecular weight excluding hydrogens is 376 g/mol. The Bertz CT molecular complexity index is 1090. The first-order valence-electron chi connectivity index (χ1n) is 8.99. The number of hydrogen-bond acceptors (Lipinski definition) is 5. The Kier molecular flexibility index (Phi) is 4.82. The van der Waals surface area contributed by atoms with E-state index in [1.807, 2.05) is 48.1 Å². The summed E-state index contributed by atoms with van der Waals surface area (Å²) in [6.45, 7) is 2.02. The number of aryl methyl sites for hydroxylation is 1. The van der Waals surface area contributed by atoms with Crippen molar-refractivity contribution in [3.05, 3.63) is 71.8 Å². The second-order valence-electron chi connectivity index (χ2n) is 6.89. The van der Waals surface area contributed by atoms with E-state index in [4.69, 9.17) is 9.88 Å². The molecule has 7 nitrogen and oxygen atoms in total. The van der Waals surface area contributed by atoms with E-state index >= 15 is 0 Å². The van der Waals surface area contributed by atoms with Gasteiger partial charge in [-0.2, -0.15) is 0 Å². The lowest BCUT2D eigenvalue weighted by Gasteiger charge is -2.20. The van der Waals surface area contributed by atoms with Gasteiger partial charge in [-0.05, 0) is 47.9 Å². The van der Waals surface area contributed by atoms with Crippen LogP contribution in [0.4, 0.5) is 5.69 Å². The number of rotatable bonds is 6. The first-order chi connectivity index (χ1) is 13.4. The van der Waals surface area contributed by atoms with E-state index in [0.717, 1.165) is 47.9 Å². The normalized spacial score (nSPS) is 13.6. The summed E-state index contributed by atoms with van der Waals surface area (Å²) in [5, 5.41) is 5.23. The minimum Gasteiger partial charge on any atom is -0.486 e. The standard InChI is InChI=1S/C20H22N4O3S/c1-23-11-9-22-20(23)14-27-17-4-2-15(3-5-17)13-24-10-8-16-12-18(28(21,25)26)6-7-19(16)24/h2-7,9,11-12H,8,10,13-14H2,1H3,(H2,21,25,26). The van der Waals surface area contributed by atoms with Crippen molar-refractivity contribution in [2.75, 3.05) is 11.4 Å². The molecule has 28 heavy (non-hydrogen) atoms. The van der Waals surface area contributed by atoms with Gasteiger partial charge in [-0.15, -0.1) is 0 Å². The minimum absolute atomic E-state index is 0.169. The number of benzene rings is 2. The first-order valence-corrected chi connectivity index (χ1v) is 10.5. The Hall–Kier alpha value is -2.84. The van der Waals surface area contributed by atoms with Gasteiger partial charge in [0, 0.05) is 38.2 Å². The Morgan fingerprint density at radius 2 is 1.96 bits per heavy atom. The lowest BCUT2D eigenvalue weighted by atomic mass is 10.1. The maximum absolute atomic E-state index is 11.5. The van der Waals surface area contributed by atoms with Crippen LogP contribution in [0.2, 0.25) is 0 Å². The molecule has 1 aliphatic heterocycles. The fourth-order valence-corrected chi connectivity index (χ4v) is 3.95. The SMILES string of the molecule is Cn1ccnc1COc1ccc(CN2CCc3cc(S(N)(=O)=O)ccc32)cc1. The van der Waals surface area contributed by atoms with Crippen LogP contribution in [0.1, 0.15) is 17.0 Å². The molecule has 146 valence electrons.